The van der Waals surface area contributed by atoms with Crippen LogP contribution in [-0.2, 0) is 4.79 Å². The molecule has 6 nitrogen and oxygen atoms in total. The number of Topliss-reactive ketones (excluding diaryl/α,β-unsaturated/α-hetero) is 1. The molecular weight excluding hydrogens is 430 g/mol. The summed E-state index contributed by atoms with van der Waals surface area (Å²) in [6, 6.07) is 12.9. The van der Waals surface area contributed by atoms with Crippen LogP contribution in [0.25, 0.3) is 11.0 Å². The highest BCUT2D eigenvalue weighted by molar-refractivity contribution is 6.31. The zero-order valence-corrected chi connectivity index (χ0v) is 18.3. The second kappa shape index (κ2) is 8.93. The summed E-state index contributed by atoms with van der Waals surface area (Å²) in [5.41, 5.74) is 1.12. The second-order valence-corrected chi connectivity index (χ2v) is 7.89. The van der Waals surface area contributed by atoms with E-state index in [1.54, 1.807) is 54.6 Å². The van der Waals surface area contributed by atoms with Gasteiger partial charge in [0.2, 0.25) is 5.78 Å². The Hall–Kier alpha value is -3.51. The molecule has 0 aliphatic carbocycles. The molecule has 1 aliphatic rings. The van der Waals surface area contributed by atoms with E-state index in [4.69, 9.17) is 20.8 Å². The van der Waals surface area contributed by atoms with Crippen molar-refractivity contribution in [3.05, 3.63) is 88.9 Å². The minimum Gasteiger partial charge on any atom is -0.503 e. The zero-order chi connectivity index (χ0) is 22.8. The maximum Gasteiger partial charge on any atom is 0.290 e. The van der Waals surface area contributed by atoms with Crippen molar-refractivity contribution in [1.82, 2.24) is 4.90 Å². The summed E-state index contributed by atoms with van der Waals surface area (Å²) in [5, 5.41) is 11.9. The van der Waals surface area contributed by atoms with Gasteiger partial charge in [0.1, 0.15) is 17.9 Å². The molecule has 1 aromatic heterocycles. The number of fused-ring (bicyclic) bond motifs is 1. The van der Waals surface area contributed by atoms with Crippen molar-refractivity contribution in [3.63, 3.8) is 0 Å². The van der Waals surface area contributed by atoms with Gasteiger partial charge in [-0.15, -0.1) is 0 Å². The Kier molecular flexibility index (Phi) is 6.06. The number of hydrogen-bond donors (Lipinski definition) is 1. The van der Waals surface area contributed by atoms with Crippen LogP contribution in [0.4, 0.5) is 0 Å². The van der Waals surface area contributed by atoms with E-state index in [0.717, 1.165) is 0 Å². The molecule has 2 aromatic carbocycles. The number of rotatable bonds is 8. The van der Waals surface area contributed by atoms with Crippen molar-refractivity contribution >= 4 is 34.3 Å². The van der Waals surface area contributed by atoms with E-state index in [9.17, 15) is 14.7 Å². The maximum absolute atomic E-state index is 13.5. The smallest absolute Gasteiger partial charge is 0.290 e. The molecule has 4 rings (SSSR count). The van der Waals surface area contributed by atoms with Crippen molar-refractivity contribution in [2.75, 3.05) is 13.2 Å². The number of nitrogens with zero attached hydrogens (tertiary/aromatic N) is 1. The fraction of sp³-hybridized carbons (Fsp3) is 0.200. The van der Waals surface area contributed by atoms with E-state index in [2.05, 4.69) is 6.58 Å². The van der Waals surface area contributed by atoms with Crippen molar-refractivity contribution in [2.45, 2.75) is 19.4 Å². The van der Waals surface area contributed by atoms with Gasteiger partial charge in [-0.2, -0.15) is 0 Å². The molecule has 1 unspecified atom stereocenters. The van der Waals surface area contributed by atoms with Crippen LogP contribution in [0, 0.1) is 0 Å². The molecule has 164 valence electrons. The lowest BCUT2D eigenvalue weighted by Gasteiger charge is -2.26. The van der Waals surface area contributed by atoms with Gasteiger partial charge in [0.05, 0.1) is 11.6 Å². The minimum atomic E-state index is -0.765. The van der Waals surface area contributed by atoms with Gasteiger partial charge in [0, 0.05) is 17.0 Å². The van der Waals surface area contributed by atoms with Gasteiger partial charge in [-0.25, -0.2) is 0 Å². The average molecular weight is 452 g/mol. The van der Waals surface area contributed by atoms with Gasteiger partial charge in [-0.3, -0.25) is 9.59 Å². The van der Waals surface area contributed by atoms with Crippen LogP contribution in [-0.4, -0.2) is 34.8 Å². The molecular formula is C25H22ClNO5. The summed E-state index contributed by atoms with van der Waals surface area (Å²) in [6.07, 6.45) is 2.29. The Morgan fingerprint density at radius 1 is 1.28 bits per heavy atom. The first-order valence-electron chi connectivity index (χ1n) is 10.3. The number of ketones is 1. The Morgan fingerprint density at radius 3 is 2.84 bits per heavy atom. The molecule has 0 saturated carbocycles. The number of amides is 1. The number of benzene rings is 2. The number of hydrogen-bond acceptors (Lipinski definition) is 5. The van der Waals surface area contributed by atoms with E-state index >= 15 is 0 Å². The number of aliphatic hydroxyl groups is 1. The minimum absolute atomic E-state index is 0.0190. The molecule has 0 radical (unpaired) electrons. The number of furan rings is 1. The number of ether oxygens (including phenoxy) is 1. The topological polar surface area (TPSA) is 80.0 Å². The van der Waals surface area contributed by atoms with Gasteiger partial charge in [-0.1, -0.05) is 43.3 Å². The highest BCUT2D eigenvalue weighted by Crippen LogP contribution is 2.40. The van der Waals surface area contributed by atoms with Gasteiger partial charge in [0.25, 0.3) is 5.91 Å². The van der Waals surface area contributed by atoms with Crippen LogP contribution < -0.4 is 4.74 Å². The van der Waals surface area contributed by atoms with E-state index in [1.807, 2.05) is 6.92 Å². The summed E-state index contributed by atoms with van der Waals surface area (Å²) in [6.45, 7) is 6.26. The number of aliphatic hydroxyl groups excluding tert-OH is 1. The molecule has 1 amide bonds. The first kappa shape index (κ1) is 21.7. The van der Waals surface area contributed by atoms with Crippen molar-refractivity contribution < 1.29 is 23.8 Å². The van der Waals surface area contributed by atoms with E-state index in [1.165, 1.54) is 4.90 Å². The Balaban J connectivity index is 1.79. The summed E-state index contributed by atoms with van der Waals surface area (Å²) in [4.78, 5) is 27.8. The maximum atomic E-state index is 13.5. The van der Waals surface area contributed by atoms with Crippen LogP contribution in [0.5, 0.6) is 5.75 Å². The third-order valence-electron chi connectivity index (χ3n) is 5.26. The normalized spacial score (nSPS) is 16.1. The molecule has 2 heterocycles. The third kappa shape index (κ3) is 3.89. The summed E-state index contributed by atoms with van der Waals surface area (Å²) >= 11 is 6.04. The second-order valence-electron chi connectivity index (χ2n) is 7.46. The first-order chi connectivity index (χ1) is 15.4. The van der Waals surface area contributed by atoms with Gasteiger partial charge in [0.15, 0.2) is 11.5 Å². The summed E-state index contributed by atoms with van der Waals surface area (Å²) in [7, 11) is 0. The number of carbonyl (C=O) groups is 2. The Labute approximate surface area is 190 Å². The molecule has 7 heteroatoms. The molecule has 1 aliphatic heterocycles. The first-order valence-corrected chi connectivity index (χ1v) is 10.6. The molecule has 0 bridgehead atoms. The van der Waals surface area contributed by atoms with Crippen LogP contribution in [0.1, 0.15) is 35.5 Å². The Morgan fingerprint density at radius 2 is 2.09 bits per heavy atom. The third-order valence-corrected chi connectivity index (χ3v) is 5.49. The van der Waals surface area contributed by atoms with Crippen LogP contribution >= 0.6 is 11.6 Å². The molecule has 32 heavy (non-hydrogen) atoms. The monoisotopic (exact) mass is 451 g/mol. The molecule has 0 fully saturated rings. The van der Waals surface area contributed by atoms with E-state index in [0.29, 0.717) is 46.9 Å². The van der Waals surface area contributed by atoms with Gasteiger partial charge in [-0.05, 0) is 48.4 Å². The van der Waals surface area contributed by atoms with E-state index in [-0.39, 0.29) is 11.3 Å². The van der Waals surface area contributed by atoms with Crippen molar-refractivity contribution in [1.29, 1.82) is 0 Å². The number of halogens is 1. The highest BCUT2D eigenvalue weighted by atomic mass is 35.5. The largest absolute Gasteiger partial charge is 0.503 e. The summed E-state index contributed by atoms with van der Waals surface area (Å²) < 4.78 is 11.3. The lowest BCUT2D eigenvalue weighted by molar-refractivity contribution is -0.129. The zero-order valence-electron chi connectivity index (χ0n) is 17.5. The van der Waals surface area contributed by atoms with Crippen LogP contribution in [0.15, 0.2) is 76.9 Å². The SMILES string of the molecule is C=CCOc1cccc(C2C(C(=O)c3cc4cc(Cl)ccc4o3)=C(O)C(=O)N2CCC)c1. The van der Waals surface area contributed by atoms with Crippen LogP contribution in [0.3, 0.4) is 0 Å². The lowest BCUT2D eigenvalue weighted by Crippen LogP contribution is -2.31. The van der Waals surface area contributed by atoms with Gasteiger partial charge < -0.3 is 19.2 Å². The van der Waals surface area contributed by atoms with Crippen molar-refractivity contribution in [3.8, 4) is 5.75 Å². The number of carbonyl (C=O) groups excluding carboxylic acids is 2. The van der Waals surface area contributed by atoms with E-state index < -0.39 is 23.5 Å². The molecule has 1 atom stereocenters. The predicted molar refractivity (Wildman–Crippen MR) is 122 cm³/mol. The molecule has 1 N–H and O–H groups in total. The lowest BCUT2D eigenvalue weighted by atomic mass is 9.94. The van der Waals surface area contributed by atoms with Crippen LogP contribution in [0.2, 0.25) is 5.02 Å². The van der Waals surface area contributed by atoms with Crippen molar-refractivity contribution in [2.24, 2.45) is 0 Å². The fourth-order valence-corrected chi connectivity index (χ4v) is 4.07. The summed E-state index contributed by atoms with van der Waals surface area (Å²) in [5.74, 6) is -1.10. The quantitative estimate of drug-likeness (QED) is 0.354. The predicted octanol–water partition coefficient (Wildman–Crippen LogP) is 5.64. The standard InChI is InChI=1S/C25H22ClNO5/c1-3-10-27-22(15-6-5-7-18(13-15)31-11-4-2)21(24(29)25(27)30)23(28)20-14-16-12-17(26)8-9-19(16)32-20/h4-9,12-14,22,29H,2-3,10-11H2,1H3. The highest BCUT2D eigenvalue weighted by Gasteiger charge is 2.44. The molecule has 0 spiro atoms. The molecule has 3 aromatic rings. The Bertz CT molecular complexity index is 1240. The fourth-order valence-electron chi connectivity index (χ4n) is 3.89. The van der Waals surface area contributed by atoms with Gasteiger partial charge >= 0.3 is 0 Å². The average Bonchev–Trinajstić information content (AvgIpc) is 3.32. The molecule has 0 saturated heterocycles.